The number of hydrogen-bond acceptors (Lipinski definition) is 4. The normalized spacial score (nSPS) is 13.6. The van der Waals surface area contributed by atoms with Crippen molar-refractivity contribution in [3.05, 3.63) is 84.3 Å². The number of hydrogen-bond donors (Lipinski definition) is 2. The Morgan fingerprint density at radius 1 is 0.964 bits per heavy atom. The maximum atomic E-state index is 12.3. The number of carbonyl (C=O) groups is 2. The lowest BCUT2D eigenvalue weighted by Gasteiger charge is -2.29. The van der Waals surface area contributed by atoms with Gasteiger partial charge in [-0.15, -0.1) is 0 Å². The minimum atomic E-state index is -0.689. The Morgan fingerprint density at radius 2 is 1.75 bits per heavy atom. The Labute approximate surface area is 163 Å². The monoisotopic (exact) mass is 375 g/mol. The van der Waals surface area contributed by atoms with Gasteiger partial charge in [-0.25, -0.2) is 0 Å². The van der Waals surface area contributed by atoms with E-state index >= 15 is 0 Å². The van der Waals surface area contributed by atoms with Crippen molar-refractivity contribution in [2.24, 2.45) is 0 Å². The predicted octanol–water partition coefficient (Wildman–Crippen LogP) is 3.14. The maximum absolute atomic E-state index is 12.3. The van der Waals surface area contributed by atoms with Crippen LogP contribution in [0.4, 0.5) is 11.4 Å². The summed E-state index contributed by atoms with van der Waals surface area (Å²) in [6, 6.07) is 20.7. The highest BCUT2D eigenvalue weighted by atomic mass is 16.3. The van der Waals surface area contributed by atoms with Crippen molar-refractivity contribution in [3.8, 4) is 0 Å². The number of rotatable bonds is 5. The molecule has 0 unspecified atom stereocenters. The smallest absolute Gasteiger partial charge is 0.313 e. The first-order valence-corrected chi connectivity index (χ1v) is 9.24. The van der Waals surface area contributed by atoms with Crippen LogP contribution in [0, 0.1) is 0 Å². The number of fused-ring (bicyclic) bond motifs is 1. The Balaban J connectivity index is 1.45. The SMILES string of the molecule is O=C(NC[C@@H](c1ccco1)N1CCc2ccccc21)C(=O)Nc1ccccc1. The minimum Gasteiger partial charge on any atom is -0.467 e. The van der Waals surface area contributed by atoms with Crippen LogP contribution in [0.2, 0.25) is 0 Å². The molecule has 142 valence electrons. The van der Waals surface area contributed by atoms with E-state index in [0.29, 0.717) is 5.69 Å². The molecule has 0 bridgehead atoms. The van der Waals surface area contributed by atoms with Crippen molar-refractivity contribution in [1.29, 1.82) is 0 Å². The topological polar surface area (TPSA) is 74.6 Å². The lowest BCUT2D eigenvalue weighted by atomic mass is 10.1. The second kappa shape index (κ2) is 8.00. The van der Waals surface area contributed by atoms with E-state index in [0.717, 1.165) is 24.4 Å². The molecule has 1 atom stereocenters. The zero-order valence-corrected chi connectivity index (χ0v) is 15.3. The highest BCUT2D eigenvalue weighted by Crippen LogP contribution is 2.34. The van der Waals surface area contributed by atoms with Gasteiger partial charge in [0.15, 0.2) is 0 Å². The number of para-hydroxylation sites is 2. The summed E-state index contributed by atoms with van der Waals surface area (Å²) in [5, 5.41) is 5.34. The fourth-order valence-electron chi connectivity index (χ4n) is 3.51. The van der Waals surface area contributed by atoms with E-state index in [4.69, 9.17) is 4.42 Å². The molecule has 6 heteroatoms. The van der Waals surface area contributed by atoms with Crippen LogP contribution in [-0.2, 0) is 16.0 Å². The molecule has 2 heterocycles. The van der Waals surface area contributed by atoms with Gasteiger partial charge in [0.05, 0.1) is 6.26 Å². The second-order valence-corrected chi connectivity index (χ2v) is 6.63. The summed E-state index contributed by atoms with van der Waals surface area (Å²) < 4.78 is 5.62. The molecule has 1 aliphatic heterocycles. The van der Waals surface area contributed by atoms with Crippen LogP contribution in [-0.4, -0.2) is 24.9 Å². The van der Waals surface area contributed by atoms with Crippen LogP contribution in [0.1, 0.15) is 17.4 Å². The fraction of sp³-hybridized carbons (Fsp3) is 0.182. The summed E-state index contributed by atoms with van der Waals surface area (Å²) in [6.07, 6.45) is 2.56. The lowest BCUT2D eigenvalue weighted by molar-refractivity contribution is -0.136. The van der Waals surface area contributed by atoms with Gasteiger partial charge in [-0.3, -0.25) is 9.59 Å². The maximum Gasteiger partial charge on any atom is 0.313 e. The van der Waals surface area contributed by atoms with Gasteiger partial charge in [0.1, 0.15) is 11.8 Å². The quantitative estimate of drug-likeness (QED) is 0.672. The van der Waals surface area contributed by atoms with Gasteiger partial charge in [-0.1, -0.05) is 36.4 Å². The zero-order chi connectivity index (χ0) is 19.3. The third-order valence-corrected chi connectivity index (χ3v) is 4.86. The molecule has 0 aliphatic carbocycles. The van der Waals surface area contributed by atoms with E-state index in [1.54, 1.807) is 30.5 Å². The van der Waals surface area contributed by atoms with Gasteiger partial charge >= 0.3 is 11.8 Å². The molecule has 1 aliphatic rings. The minimum absolute atomic E-state index is 0.188. The van der Waals surface area contributed by atoms with Gasteiger partial charge in [-0.2, -0.15) is 0 Å². The molecule has 2 N–H and O–H groups in total. The predicted molar refractivity (Wildman–Crippen MR) is 107 cm³/mol. The van der Waals surface area contributed by atoms with E-state index in [1.807, 2.05) is 30.3 Å². The summed E-state index contributed by atoms with van der Waals surface area (Å²) in [6.45, 7) is 1.10. The van der Waals surface area contributed by atoms with Gasteiger partial charge in [0, 0.05) is 24.5 Å². The summed E-state index contributed by atoms with van der Waals surface area (Å²) in [5.74, 6) is -0.612. The van der Waals surface area contributed by atoms with Crippen LogP contribution >= 0.6 is 0 Å². The first kappa shape index (κ1) is 17.9. The van der Waals surface area contributed by atoms with Crippen molar-refractivity contribution in [2.45, 2.75) is 12.5 Å². The highest BCUT2D eigenvalue weighted by molar-refractivity contribution is 6.39. The van der Waals surface area contributed by atoms with Crippen molar-refractivity contribution >= 4 is 23.2 Å². The van der Waals surface area contributed by atoms with Gasteiger partial charge in [0.25, 0.3) is 0 Å². The molecule has 1 aromatic heterocycles. The van der Waals surface area contributed by atoms with Crippen LogP contribution in [0.5, 0.6) is 0 Å². The summed E-state index contributed by atoms with van der Waals surface area (Å²) in [7, 11) is 0. The van der Waals surface area contributed by atoms with Crippen LogP contribution in [0.3, 0.4) is 0 Å². The fourth-order valence-corrected chi connectivity index (χ4v) is 3.51. The molecule has 6 nitrogen and oxygen atoms in total. The van der Waals surface area contributed by atoms with E-state index in [-0.39, 0.29) is 12.6 Å². The molecule has 4 rings (SSSR count). The molecule has 0 saturated carbocycles. The number of amides is 2. The number of nitrogens with zero attached hydrogens (tertiary/aromatic N) is 1. The second-order valence-electron chi connectivity index (χ2n) is 6.63. The summed E-state index contributed by atoms with van der Waals surface area (Å²) in [4.78, 5) is 26.7. The highest BCUT2D eigenvalue weighted by Gasteiger charge is 2.29. The number of furan rings is 1. The lowest BCUT2D eigenvalue weighted by Crippen LogP contribution is -2.41. The van der Waals surface area contributed by atoms with Crippen LogP contribution in [0.15, 0.2) is 77.4 Å². The van der Waals surface area contributed by atoms with Gasteiger partial charge < -0.3 is 20.0 Å². The molecule has 2 aromatic carbocycles. The first-order chi connectivity index (χ1) is 13.7. The average molecular weight is 375 g/mol. The summed E-state index contributed by atoms with van der Waals surface area (Å²) in [5.41, 5.74) is 2.98. The largest absolute Gasteiger partial charge is 0.467 e. The number of carbonyl (C=O) groups excluding carboxylic acids is 2. The van der Waals surface area contributed by atoms with Crippen LogP contribution < -0.4 is 15.5 Å². The third-order valence-electron chi connectivity index (χ3n) is 4.86. The van der Waals surface area contributed by atoms with E-state index in [2.05, 4.69) is 27.7 Å². The molecular weight excluding hydrogens is 354 g/mol. The van der Waals surface area contributed by atoms with Crippen molar-refractivity contribution in [1.82, 2.24) is 5.32 Å². The number of anilines is 2. The third kappa shape index (κ3) is 3.76. The Kier molecular flexibility index (Phi) is 5.10. The Bertz CT molecular complexity index is 954. The molecule has 0 radical (unpaired) electrons. The first-order valence-electron chi connectivity index (χ1n) is 9.24. The Morgan fingerprint density at radius 3 is 2.54 bits per heavy atom. The molecule has 2 amide bonds. The zero-order valence-electron chi connectivity index (χ0n) is 15.3. The van der Waals surface area contributed by atoms with E-state index in [9.17, 15) is 9.59 Å². The van der Waals surface area contributed by atoms with Crippen molar-refractivity contribution < 1.29 is 14.0 Å². The van der Waals surface area contributed by atoms with Crippen molar-refractivity contribution in [3.63, 3.8) is 0 Å². The Hall–Kier alpha value is -3.54. The van der Waals surface area contributed by atoms with Gasteiger partial charge in [0.2, 0.25) is 0 Å². The molecule has 0 saturated heterocycles. The molecule has 3 aromatic rings. The molecule has 0 spiro atoms. The molecule has 28 heavy (non-hydrogen) atoms. The molecular formula is C22H21N3O3. The molecule has 0 fully saturated rings. The number of nitrogens with one attached hydrogen (secondary N) is 2. The standard InChI is InChI=1S/C22H21N3O3/c26-21(22(27)24-17-8-2-1-3-9-17)23-15-19(20-11-6-14-28-20)25-13-12-16-7-4-5-10-18(16)25/h1-11,14,19H,12-13,15H2,(H,23,26)(H,24,27)/t19-/m0/s1. The van der Waals surface area contributed by atoms with E-state index < -0.39 is 11.8 Å². The summed E-state index contributed by atoms with van der Waals surface area (Å²) >= 11 is 0. The van der Waals surface area contributed by atoms with Crippen LogP contribution in [0.25, 0.3) is 0 Å². The number of benzene rings is 2. The average Bonchev–Trinajstić information content (AvgIpc) is 3.40. The van der Waals surface area contributed by atoms with E-state index in [1.165, 1.54) is 5.56 Å². The van der Waals surface area contributed by atoms with Crippen molar-refractivity contribution in [2.75, 3.05) is 23.3 Å². The van der Waals surface area contributed by atoms with Gasteiger partial charge in [-0.05, 0) is 42.3 Å².